The number of hydrogen-bond acceptors (Lipinski definition) is 5. The number of aromatic nitrogens is 3. The fraction of sp³-hybridized carbons (Fsp3) is 0.125. The topological polar surface area (TPSA) is 69.0 Å². The molecule has 0 saturated carbocycles. The molecule has 8 heteroatoms. The Balaban J connectivity index is 1.65. The highest BCUT2D eigenvalue weighted by atomic mass is 35.5. The van der Waals surface area contributed by atoms with Crippen molar-refractivity contribution >= 4 is 35.0 Å². The fourth-order valence-corrected chi connectivity index (χ4v) is 4.54. The molecule has 0 spiro atoms. The summed E-state index contributed by atoms with van der Waals surface area (Å²) in [5, 5.41) is 11.8. The molecule has 0 aliphatic rings. The van der Waals surface area contributed by atoms with Crippen LogP contribution in [-0.2, 0) is 4.79 Å². The predicted molar refractivity (Wildman–Crippen MR) is 128 cm³/mol. The van der Waals surface area contributed by atoms with Gasteiger partial charge in [0.1, 0.15) is 17.3 Å². The Morgan fingerprint density at radius 1 is 1.09 bits per heavy atom. The van der Waals surface area contributed by atoms with E-state index in [1.165, 1.54) is 11.8 Å². The van der Waals surface area contributed by atoms with E-state index in [0.717, 1.165) is 16.8 Å². The number of amides is 1. The summed E-state index contributed by atoms with van der Waals surface area (Å²) in [6.45, 7) is 2.03. The van der Waals surface area contributed by atoms with Crippen LogP contribution < -0.4 is 10.1 Å². The number of thioether (sulfide) groups is 1. The molecule has 4 aromatic rings. The lowest BCUT2D eigenvalue weighted by atomic mass is 10.1. The molecule has 0 saturated heterocycles. The first-order valence-electron chi connectivity index (χ1n) is 9.89. The molecule has 0 radical (unpaired) electrons. The lowest BCUT2D eigenvalue weighted by molar-refractivity contribution is -0.115. The molecule has 1 aromatic heterocycles. The summed E-state index contributed by atoms with van der Waals surface area (Å²) in [4.78, 5) is 13.4. The van der Waals surface area contributed by atoms with Gasteiger partial charge in [0.15, 0.2) is 5.16 Å². The van der Waals surface area contributed by atoms with E-state index in [4.69, 9.17) is 16.3 Å². The molecule has 0 aliphatic carbocycles. The van der Waals surface area contributed by atoms with Crippen LogP contribution in [0.15, 0.2) is 84.3 Å². The van der Waals surface area contributed by atoms with Crippen molar-refractivity contribution in [3.63, 3.8) is 0 Å². The fourth-order valence-electron chi connectivity index (χ4n) is 3.26. The normalized spacial score (nSPS) is 11.7. The zero-order chi connectivity index (χ0) is 22.5. The Labute approximate surface area is 195 Å². The van der Waals surface area contributed by atoms with Crippen LogP contribution in [0.3, 0.4) is 0 Å². The monoisotopic (exact) mass is 464 g/mol. The number of aryl methyl sites for hydroxylation is 1. The lowest BCUT2D eigenvalue weighted by Crippen LogP contribution is -2.19. The average molecular weight is 465 g/mol. The van der Waals surface area contributed by atoms with Gasteiger partial charge in [-0.25, -0.2) is 0 Å². The van der Waals surface area contributed by atoms with Crippen molar-refractivity contribution in [2.45, 2.75) is 17.3 Å². The first-order valence-corrected chi connectivity index (χ1v) is 11.1. The van der Waals surface area contributed by atoms with Crippen molar-refractivity contribution in [2.75, 3.05) is 12.4 Å². The van der Waals surface area contributed by atoms with Gasteiger partial charge in [0.25, 0.3) is 0 Å². The van der Waals surface area contributed by atoms with Gasteiger partial charge in [-0.3, -0.25) is 9.36 Å². The molecule has 1 N–H and O–H groups in total. The van der Waals surface area contributed by atoms with Crippen molar-refractivity contribution < 1.29 is 9.53 Å². The molecule has 1 atom stereocenters. The molecule has 0 aliphatic heterocycles. The maximum atomic E-state index is 13.4. The van der Waals surface area contributed by atoms with Gasteiger partial charge in [-0.05, 0) is 42.3 Å². The highest BCUT2D eigenvalue weighted by molar-refractivity contribution is 8.00. The van der Waals surface area contributed by atoms with Crippen molar-refractivity contribution in [3.05, 3.63) is 95.3 Å². The molecule has 1 unspecified atom stereocenters. The third kappa shape index (κ3) is 4.79. The molecule has 0 bridgehead atoms. The van der Waals surface area contributed by atoms with E-state index in [1.807, 2.05) is 66.1 Å². The number of methoxy groups -OCH3 is 1. The Kier molecular flexibility index (Phi) is 6.78. The lowest BCUT2D eigenvalue weighted by Gasteiger charge is -2.18. The van der Waals surface area contributed by atoms with Gasteiger partial charge in [0.2, 0.25) is 5.91 Å². The Morgan fingerprint density at radius 3 is 2.56 bits per heavy atom. The summed E-state index contributed by atoms with van der Waals surface area (Å²) in [6, 6.07) is 22.7. The molecule has 162 valence electrons. The summed E-state index contributed by atoms with van der Waals surface area (Å²) >= 11 is 7.56. The Morgan fingerprint density at radius 2 is 1.84 bits per heavy atom. The first-order chi connectivity index (χ1) is 15.6. The number of nitrogens with zero attached hydrogens (tertiary/aromatic N) is 3. The van der Waals surface area contributed by atoms with Crippen LogP contribution in [0.1, 0.15) is 16.4 Å². The highest BCUT2D eigenvalue weighted by Gasteiger charge is 2.25. The summed E-state index contributed by atoms with van der Waals surface area (Å²) in [6.07, 6.45) is 1.66. The minimum absolute atomic E-state index is 0.193. The standard InChI is InChI=1S/C24H21ClN4O2S/c1-16-8-6-7-11-20(16)29-15-26-28-24(29)32-22(17-9-4-3-5-10-17)23(30)27-18-12-13-21(31-2)19(25)14-18/h3-15,22H,1-2H3,(H,27,30). The van der Waals surface area contributed by atoms with Crippen LogP contribution in [0.2, 0.25) is 5.02 Å². The van der Waals surface area contributed by atoms with Crippen LogP contribution >= 0.6 is 23.4 Å². The summed E-state index contributed by atoms with van der Waals surface area (Å²) < 4.78 is 7.09. The molecule has 3 aromatic carbocycles. The van der Waals surface area contributed by atoms with Gasteiger partial charge >= 0.3 is 0 Å². The van der Waals surface area contributed by atoms with Crippen LogP contribution in [0.5, 0.6) is 5.75 Å². The van der Waals surface area contributed by atoms with Crippen molar-refractivity contribution in [1.29, 1.82) is 0 Å². The molecule has 32 heavy (non-hydrogen) atoms. The Bertz CT molecular complexity index is 1230. The second-order valence-corrected chi connectivity index (χ2v) is 8.50. The molecular formula is C24H21ClN4O2S. The van der Waals surface area contributed by atoms with E-state index in [0.29, 0.717) is 21.6 Å². The van der Waals surface area contributed by atoms with Gasteiger partial charge in [-0.1, -0.05) is 71.9 Å². The Hall–Kier alpha value is -3.29. The van der Waals surface area contributed by atoms with Crippen LogP contribution in [0, 0.1) is 6.92 Å². The van der Waals surface area contributed by atoms with E-state index in [1.54, 1.807) is 31.6 Å². The molecule has 1 amide bonds. The molecule has 1 heterocycles. The average Bonchev–Trinajstić information content (AvgIpc) is 3.26. The van der Waals surface area contributed by atoms with E-state index in [-0.39, 0.29) is 5.91 Å². The number of carbonyl (C=O) groups excluding carboxylic acids is 1. The molecule has 4 rings (SSSR count). The highest BCUT2D eigenvalue weighted by Crippen LogP contribution is 2.37. The van der Waals surface area contributed by atoms with Crippen molar-refractivity contribution in [3.8, 4) is 11.4 Å². The number of carbonyl (C=O) groups is 1. The SMILES string of the molecule is COc1ccc(NC(=O)C(Sc2nncn2-c2ccccc2C)c2ccccc2)cc1Cl. The zero-order valence-corrected chi connectivity index (χ0v) is 19.1. The third-order valence-electron chi connectivity index (χ3n) is 4.87. The van der Waals surface area contributed by atoms with Gasteiger partial charge in [0, 0.05) is 5.69 Å². The van der Waals surface area contributed by atoms with Crippen molar-refractivity contribution in [1.82, 2.24) is 14.8 Å². The maximum absolute atomic E-state index is 13.4. The summed E-state index contributed by atoms with van der Waals surface area (Å²) in [5.74, 6) is 0.353. The van der Waals surface area contributed by atoms with Crippen LogP contribution in [-0.4, -0.2) is 27.8 Å². The summed E-state index contributed by atoms with van der Waals surface area (Å²) in [7, 11) is 1.55. The van der Waals surface area contributed by atoms with E-state index in [2.05, 4.69) is 15.5 Å². The maximum Gasteiger partial charge on any atom is 0.242 e. The molecule has 0 fully saturated rings. The molecular weight excluding hydrogens is 444 g/mol. The predicted octanol–water partition coefficient (Wildman–Crippen LogP) is 5.71. The number of anilines is 1. The van der Waals surface area contributed by atoms with E-state index >= 15 is 0 Å². The summed E-state index contributed by atoms with van der Waals surface area (Å²) in [5.41, 5.74) is 3.49. The third-order valence-corrected chi connectivity index (χ3v) is 6.38. The number of para-hydroxylation sites is 1. The van der Waals surface area contributed by atoms with Gasteiger partial charge in [-0.15, -0.1) is 10.2 Å². The minimum Gasteiger partial charge on any atom is -0.495 e. The quantitative estimate of drug-likeness (QED) is 0.355. The van der Waals surface area contributed by atoms with Crippen LogP contribution in [0.25, 0.3) is 5.69 Å². The number of nitrogens with one attached hydrogen (secondary N) is 1. The van der Waals surface area contributed by atoms with Crippen LogP contribution in [0.4, 0.5) is 5.69 Å². The number of benzene rings is 3. The van der Waals surface area contributed by atoms with E-state index < -0.39 is 5.25 Å². The largest absolute Gasteiger partial charge is 0.495 e. The number of hydrogen-bond donors (Lipinski definition) is 1. The van der Waals surface area contributed by atoms with Crippen molar-refractivity contribution in [2.24, 2.45) is 0 Å². The number of halogens is 1. The second kappa shape index (κ2) is 9.89. The van der Waals surface area contributed by atoms with Gasteiger partial charge < -0.3 is 10.1 Å². The van der Waals surface area contributed by atoms with Gasteiger partial charge in [-0.2, -0.15) is 0 Å². The smallest absolute Gasteiger partial charge is 0.242 e. The first kappa shape index (κ1) is 21.9. The number of ether oxygens (including phenoxy) is 1. The van der Waals surface area contributed by atoms with E-state index in [9.17, 15) is 4.79 Å². The minimum atomic E-state index is -0.552. The molecule has 6 nitrogen and oxygen atoms in total. The second-order valence-electron chi connectivity index (χ2n) is 7.02. The number of rotatable bonds is 7. The zero-order valence-electron chi connectivity index (χ0n) is 17.5. The van der Waals surface area contributed by atoms with Gasteiger partial charge in [0.05, 0.1) is 17.8 Å².